The van der Waals surface area contributed by atoms with E-state index < -0.39 is 9.84 Å². The van der Waals surface area contributed by atoms with Crippen molar-refractivity contribution in [2.75, 3.05) is 12.3 Å². The average molecular weight is 550 g/mol. The second-order valence-electron chi connectivity index (χ2n) is 7.83. The number of hydrogen-bond acceptors (Lipinski definition) is 6. The molecule has 176 valence electrons. The number of halogens is 1. The van der Waals surface area contributed by atoms with Crippen molar-refractivity contribution in [2.24, 2.45) is 0 Å². The highest BCUT2D eigenvalue weighted by Crippen LogP contribution is 2.35. The fraction of sp³-hybridized carbons (Fsp3) is 0.0800. The maximum Gasteiger partial charge on any atom is 0.251 e. The minimum Gasteiger partial charge on any atom is -0.384 e. The molecule has 0 saturated carbocycles. The van der Waals surface area contributed by atoms with Crippen LogP contribution < -0.4 is 11.1 Å². The number of nitrogens with two attached hydrogens (primary N) is 1. The van der Waals surface area contributed by atoms with Gasteiger partial charge in [0.25, 0.3) is 5.91 Å². The van der Waals surface area contributed by atoms with Gasteiger partial charge in [-0.25, -0.2) is 18.4 Å². The second-order valence-corrected chi connectivity index (χ2v) is 10.6. The van der Waals surface area contributed by atoms with Crippen LogP contribution in [0.25, 0.3) is 22.2 Å². The van der Waals surface area contributed by atoms with Crippen LogP contribution in [0.15, 0.2) is 93.1 Å². The molecule has 0 radical (unpaired) electrons. The SMILES string of the molecule is Nc1c(S(=O)(=O)c2ccccc2)c2nc3ccccc3nc2n1CCNC(=O)c1cccc(Br)c1. The van der Waals surface area contributed by atoms with Crippen LogP contribution in [-0.2, 0) is 16.4 Å². The number of sulfone groups is 1. The first-order valence-corrected chi connectivity index (χ1v) is 13.0. The van der Waals surface area contributed by atoms with Gasteiger partial charge in [-0.15, -0.1) is 0 Å². The van der Waals surface area contributed by atoms with Crippen LogP contribution in [0.3, 0.4) is 0 Å². The van der Waals surface area contributed by atoms with E-state index in [9.17, 15) is 13.2 Å². The highest BCUT2D eigenvalue weighted by Gasteiger charge is 2.30. The maximum absolute atomic E-state index is 13.6. The fourth-order valence-corrected chi connectivity index (χ4v) is 5.84. The van der Waals surface area contributed by atoms with Gasteiger partial charge >= 0.3 is 0 Å². The molecule has 0 aliphatic carbocycles. The van der Waals surface area contributed by atoms with Crippen molar-refractivity contribution in [1.82, 2.24) is 19.9 Å². The largest absolute Gasteiger partial charge is 0.384 e. The topological polar surface area (TPSA) is 120 Å². The van der Waals surface area contributed by atoms with Crippen LogP contribution in [0.2, 0.25) is 0 Å². The summed E-state index contributed by atoms with van der Waals surface area (Å²) < 4.78 is 29.5. The van der Waals surface area contributed by atoms with Crippen molar-refractivity contribution < 1.29 is 13.2 Å². The zero-order chi connectivity index (χ0) is 24.6. The standard InChI is InChI=1S/C25H20BrN5O3S/c26-17-8-6-7-16(15-17)25(32)28-13-14-31-23(27)22(35(33,34)18-9-2-1-3-10-18)21-24(31)30-20-12-5-4-11-19(20)29-21/h1-12,15H,13-14,27H2,(H,28,32). The van der Waals surface area contributed by atoms with Crippen LogP contribution in [0, 0.1) is 0 Å². The van der Waals surface area contributed by atoms with Gasteiger partial charge in [-0.3, -0.25) is 4.79 Å². The van der Waals surface area contributed by atoms with Gasteiger partial charge in [0, 0.05) is 23.1 Å². The molecule has 2 aromatic heterocycles. The molecule has 0 spiro atoms. The van der Waals surface area contributed by atoms with Crippen LogP contribution in [0.1, 0.15) is 10.4 Å². The number of benzene rings is 3. The minimum absolute atomic E-state index is 0.0239. The molecule has 10 heteroatoms. The molecule has 0 saturated heterocycles. The molecular formula is C25H20BrN5O3S. The third kappa shape index (κ3) is 4.26. The first-order chi connectivity index (χ1) is 16.9. The number of rotatable bonds is 6. The molecule has 0 unspecified atom stereocenters. The molecule has 0 fully saturated rings. The Kier molecular flexibility index (Phi) is 6.00. The molecule has 0 bridgehead atoms. The van der Waals surface area contributed by atoms with E-state index in [-0.39, 0.29) is 40.1 Å². The Hall–Kier alpha value is -3.76. The molecule has 5 rings (SSSR count). The Bertz CT molecular complexity index is 1680. The van der Waals surface area contributed by atoms with E-state index >= 15 is 0 Å². The van der Waals surface area contributed by atoms with E-state index in [1.807, 2.05) is 18.2 Å². The fourth-order valence-electron chi connectivity index (χ4n) is 3.91. The Balaban J connectivity index is 1.57. The number of nitrogens with one attached hydrogen (secondary N) is 1. The molecule has 0 atom stereocenters. The lowest BCUT2D eigenvalue weighted by molar-refractivity contribution is 0.0952. The summed E-state index contributed by atoms with van der Waals surface area (Å²) in [4.78, 5) is 21.9. The number of amides is 1. The number of carbonyl (C=O) groups excluding carboxylic acids is 1. The van der Waals surface area contributed by atoms with Crippen LogP contribution in [0.4, 0.5) is 5.82 Å². The lowest BCUT2D eigenvalue weighted by atomic mass is 10.2. The Morgan fingerprint density at radius 3 is 2.34 bits per heavy atom. The summed E-state index contributed by atoms with van der Waals surface area (Å²) in [6, 6.07) is 22.3. The predicted molar refractivity (Wildman–Crippen MR) is 138 cm³/mol. The van der Waals surface area contributed by atoms with Crippen molar-refractivity contribution in [2.45, 2.75) is 16.3 Å². The van der Waals surface area contributed by atoms with Crippen LogP contribution in [0.5, 0.6) is 0 Å². The highest BCUT2D eigenvalue weighted by molar-refractivity contribution is 9.10. The summed E-state index contributed by atoms with van der Waals surface area (Å²) in [5, 5.41) is 2.85. The van der Waals surface area contributed by atoms with Gasteiger partial charge < -0.3 is 15.6 Å². The van der Waals surface area contributed by atoms with E-state index in [0.29, 0.717) is 22.2 Å². The van der Waals surface area contributed by atoms with Crippen molar-refractivity contribution >= 4 is 59.7 Å². The van der Waals surface area contributed by atoms with Gasteiger partial charge in [0.1, 0.15) is 16.2 Å². The predicted octanol–water partition coefficient (Wildman–Crippen LogP) is 4.19. The number of para-hydroxylation sites is 2. The highest BCUT2D eigenvalue weighted by atomic mass is 79.9. The van der Waals surface area contributed by atoms with Gasteiger partial charge in [0.15, 0.2) is 5.65 Å². The van der Waals surface area contributed by atoms with Gasteiger partial charge in [-0.05, 0) is 42.5 Å². The summed E-state index contributed by atoms with van der Waals surface area (Å²) in [5.41, 5.74) is 8.65. The minimum atomic E-state index is -3.97. The molecular weight excluding hydrogens is 530 g/mol. The van der Waals surface area contributed by atoms with Crippen LogP contribution >= 0.6 is 15.9 Å². The number of nitrogens with zero attached hydrogens (tertiary/aromatic N) is 3. The first kappa shape index (κ1) is 23.0. The van der Waals surface area contributed by atoms with Crippen LogP contribution in [-0.4, -0.2) is 35.4 Å². The van der Waals surface area contributed by atoms with E-state index in [4.69, 9.17) is 5.73 Å². The summed E-state index contributed by atoms with van der Waals surface area (Å²) in [6.07, 6.45) is 0. The second kappa shape index (κ2) is 9.12. The summed E-state index contributed by atoms with van der Waals surface area (Å²) in [6.45, 7) is 0.415. The molecule has 1 amide bonds. The normalized spacial score (nSPS) is 11.7. The number of carbonyl (C=O) groups is 1. The lowest BCUT2D eigenvalue weighted by Gasteiger charge is -2.10. The molecule has 3 aromatic carbocycles. The molecule has 3 N–H and O–H groups in total. The van der Waals surface area contributed by atoms with Crippen molar-refractivity contribution in [1.29, 1.82) is 0 Å². The van der Waals surface area contributed by atoms with E-state index in [1.54, 1.807) is 53.1 Å². The molecule has 8 nitrogen and oxygen atoms in total. The monoisotopic (exact) mass is 549 g/mol. The zero-order valence-electron chi connectivity index (χ0n) is 18.3. The third-order valence-corrected chi connectivity index (χ3v) is 7.90. The van der Waals surface area contributed by atoms with Crippen molar-refractivity contribution in [3.8, 4) is 0 Å². The quantitative estimate of drug-likeness (QED) is 0.327. The average Bonchev–Trinajstić information content (AvgIpc) is 3.13. The van der Waals surface area contributed by atoms with Gasteiger partial charge in [-0.1, -0.05) is 52.3 Å². The number of nitrogen functional groups attached to an aromatic ring is 1. The summed E-state index contributed by atoms with van der Waals surface area (Å²) >= 11 is 3.36. The lowest BCUT2D eigenvalue weighted by Crippen LogP contribution is -2.27. The molecule has 2 heterocycles. The summed E-state index contributed by atoms with van der Waals surface area (Å²) in [7, 11) is -3.97. The number of anilines is 1. The zero-order valence-corrected chi connectivity index (χ0v) is 20.8. The molecule has 0 aliphatic rings. The maximum atomic E-state index is 13.6. The van der Waals surface area contributed by atoms with Gasteiger partial charge in [0.2, 0.25) is 9.84 Å². The third-order valence-electron chi connectivity index (χ3n) is 5.58. The number of aromatic nitrogens is 3. The Labute approximate surface area is 209 Å². The van der Waals surface area contributed by atoms with E-state index in [0.717, 1.165) is 4.47 Å². The number of hydrogen-bond donors (Lipinski definition) is 2. The van der Waals surface area contributed by atoms with E-state index in [2.05, 4.69) is 31.2 Å². The van der Waals surface area contributed by atoms with Crippen molar-refractivity contribution in [3.05, 3.63) is 88.9 Å². The van der Waals surface area contributed by atoms with Crippen molar-refractivity contribution in [3.63, 3.8) is 0 Å². The summed E-state index contributed by atoms with van der Waals surface area (Å²) in [5.74, 6) is -0.231. The Morgan fingerprint density at radius 2 is 1.63 bits per heavy atom. The van der Waals surface area contributed by atoms with Gasteiger partial charge in [0.05, 0.1) is 15.9 Å². The Morgan fingerprint density at radius 1 is 0.943 bits per heavy atom. The molecule has 0 aliphatic heterocycles. The molecule has 35 heavy (non-hydrogen) atoms. The van der Waals surface area contributed by atoms with Gasteiger partial charge in [-0.2, -0.15) is 0 Å². The first-order valence-electron chi connectivity index (χ1n) is 10.7. The number of fused-ring (bicyclic) bond motifs is 2. The smallest absolute Gasteiger partial charge is 0.251 e. The molecule has 5 aromatic rings. The van der Waals surface area contributed by atoms with E-state index in [1.165, 1.54) is 12.1 Å².